The molecule has 0 amide bonds. The zero-order valence-corrected chi connectivity index (χ0v) is 13.2. The lowest BCUT2D eigenvalue weighted by atomic mass is 9.82. The second-order valence-corrected chi connectivity index (χ2v) is 5.83. The van der Waals surface area contributed by atoms with Gasteiger partial charge in [0.25, 0.3) is 0 Å². The van der Waals surface area contributed by atoms with Gasteiger partial charge in [-0.15, -0.1) is 5.73 Å². The van der Waals surface area contributed by atoms with E-state index in [-0.39, 0.29) is 0 Å². The molecule has 0 spiro atoms. The maximum absolute atomic E-state index is 4.31. The highest BCUT2D eigenvalue weighted by molar-refractivity contribution is 5.04. The largest absolute Gasteiger partial charge is 0.374 e. The lowest BCUT2D eigenvalue weighted by Gasteiger charge is -2.36. The molecule has 0 bridgehead atoms. The molecule has 3 atom stereocenters. The summed E-state index contributed by atoms with van der Waals surface area (Å²) in [6.07, 6.45) is 5.86. The van der Waals surface area contributed by atoms with E-state index >= 15 is 0 Å². The van der Waals surface area contributed by atoms with E-state index < -0.39 is 0 Å². The first kappa shape index (κ1) is 16.1. The molecule has 3 unspecified atom stereocenters. The SMILES string of the molecule is C=C=CCN(C)C(=C)C(C)C(CC)C1CCCN1C. The molecule has 0 aliphatic carbocycles. The predicted molar refractivity (Wildman–Crippen MR) is 84.1 cm³/mol. The molecule has 1 heterocycles. The summed E-state index contributed by atoms with van der Waals surface area (Å²) >= 11 is 0. The Morgan fingerprint density at radius 2 is 2.26 bits per heavy atom. The van der Waals surface area contributed by atoms with Gasteiger partial charge >= 0.3 is 0 Å². The molecule has 1 rings (SSSR count). The molecule has 2 heteroatoms. The van der Waals surface area contributed by atoms with E-state index in [2.05, 4.69) is 56.6 Å². The van der Waals surface area contributed by atoms with Crippen molar-refractivity contribution in [2.24, 2.45) is 11.8 Å². The molecule has 1 aliphatic heterocycles. The van der Waals surface area contributed by atoms with Gasteiger partial charge in [0.15, 0.2) is 0 Å². The predicted octanol–water partition coefficient (Wildman–Crippen LogP) is 3.53. The first-order valence-corrected chi connectivity index (χ1v) is 7.47. The van der Waals surface area contributed by atoms with Crippen molar-refractivity contribution in [3.63, 3.8) is 0 Å². The van der Waals surface area contributed by atoms with Crippen LogP contribution >= 0.6 is 0 Å². The Morgan fingerprint density at radius 3 is 2.74 bits per heavy atom. The van der Waals surface area contributed by atoms with E-state index in [0.717, 1.165) is 12.6 Å². The first-order chi connectivity index (χ1) is 9.02. The van der Waals surface area contributed by atoms with Crippen LogP contribution in [-0.2, 0) is 0 Å². The molecule has 0 radical (unpaired) electrons. The van der Waals surface area contributed by atoms with E-state index in [1.54, 1.807) is 0 Å². The average molecular weight is 262 g/mol. The van der Waals surface area contributed by atoms with Crippen LogP contribution in [0.25, 0.3) is 0 Å². The van der Waals surface area contributed by atoms with Crippen LogP contribution in [0.2, 0.25) is 0 Å². The topological polar surface area (TPSA) is 6.48 Å². The molecule has 0 aromatic carbocycles. The fourth-order valence-electron chi connectivity index (χ4n) is 3.35. The molecular weight excluding hydrogens is 232 g/mol. The monoisotopic (exact) mass is 262 g/mol. The minimum Gasteiger partial charge on any atom is -0.374 e. The fourth-order valence-corrected chi connectivity index (χ4v) is 3.35. The van der Waals surface area contributed by atoms with Gasteiger partial charge in [0.05, 0.1) is 0 Å². The molecule has 1 saturated heterocycles. The van der Waals surface area contributed by atoms with Crippen molar-refractivity contribution in [3.05, 3.63) is 30.7 Å². The molecule has 19 heavy (non-hydrogen) atoms. The van der Waals surface area contributed by atoms with Gasteiger partial charge in [-0.3, -0.25) is 0 Å². The van der Waals surface area contributed by atoms with Crippen LogP contribution in [0, 0.1) is 11.8 Å². The lowest BCUT2D eigenvalue weighted by Crippen LogP contribution is -2.38. The van der Waals surface area contributed by atoms with Gasteiger partial charge in [-0.05, 0) is 44.3 Å². The van der Waals surface area contributed by atoms with Crippen LogP contribution in [0.3, 0.4) is 0 Å². The number of allylic oxidation sites excluding steroid dienone is 1. The van der Waals surface area contributed by atoms with Crippen LogP contribution in [0.15, 0.2) is 30.7 Å². The molecule has 108 valence electrons. The quantitative estimate of drug-likeness (QED) is 0.648. The van der Waals surface area contributed by atoms with Crippen LogP contribution in [0.1, 0.15) is 33.1 Å². The summed E-state index contributed by atoms with van der Waals surface area (Å²) in [6.45, 7) is 14.7. The molecular formula is C17H30N2. The van der Waals surface area contributed by atoms with Crippen molar-refractivity contribution >= 4 is 0 Å². The molecule has 0 N–H and O–H groups in total. The Balaban J connectivity index is 2.69. The van der Waals surface area contributed by atoms with Crippen molar-refractivity contribution in [1.82, 2.24) is 9.80 Å². The normalized spacial score (nSPS) is 22.6. The van der Waals surface area contributed by atoms with E-state index in [9.17, 15) is 0 Å². The Bertz CT molecular complexity index is 341. The number of rotatable bonds is 7. The summed E-state index contributed by atoms with van der Waals surface area (Å²) < 4.78 is 0. The van der Waals surface area contributed by atoms with Crippen molar-refractivity contribution in [3.8, 4) is 0 Å². The maximum atomic E-state index is 4.31. The van der Waals surface area contributed by atoms with E-state index in [4.69, 9.17) is 0 Å². The van der Waals surface area contributed by atoms with Crippen molar-refractivity contribution in [1.29, 1.82) is 0 Å². The van der Waals surface area contributed by atoms with Crippen LogP contribution in [0.4, 0.5) is 0 Å². The molecule has 1 fully saturated rings. The number of hydrogen-bond acceptors (Lipinski definition) is 2. The second kappa shape index (κ2) is 7.57. The summed E-state index contributed by atoms with van der Waals surface area (Å²) in [5.41, 5.74) is 4.07. The highest BCUT2D eigenvalue weighted by Gasteiger charge is 2.33. The molecule has 2 nitrogen and oxygen atoms in total. The highest BCUT2D eigenvalue weighted by Crippen LogP contribution is 2.33. The second-order valence-electron chi connectivity index (χ2n) is 5.83. The minimum atomic E-state index is 0.527. The summed E-state index contributed by atoms with van der Waals surface area (Å²) in [5.74, 6) is 1.23. The van der Waals surface area contributed by atoms with Crippen LogP contribution in [-0.4, -0.2) is 43.0 Å². The van der Waals surface area contributed by atoms with Gasteiger partial charge in [0, 0.05) is 25.3 Å². The van der Waals surface area contributed by atoms with Gasteiger partial charge in [-0.2, -0.15) is 0 Å². The molecule has 0 saturated carbocycles. The zero-order valence-electron chi connectivity index (χ0n) is 13.2. The average Bonchev–Trinajstić information content (AvgIpc) is 2.82. The smallest absolute Gasteiger partial charge is 0.0427 e. The van der Waals surface area contributed by atoms with E-state index in [1.165, 1.54) is 31.5 Å². The van der Waals surface area contributed by atoms with Crippen molar-refractivity contribution in [2.45, 2.75) is 39.2 Å². The Labute approximate surface area is 119 Å². The summed E-state index contributed by atoms with van der Waals surface area (Å²) in [7, 11) is 4.37. The third kappa shape index (κ3) is 3.99. The molecule has 0 aromatic rings. The minimum absolute atomic E-state index is 0.527. The third-order valence-electron chi connectivity index (χ3n) is 4.71. The van der Waals surface area contributed by atoms with Crippen LogP contribution < -0.4 is 0 Å². The zero-order chi connectivity index (χ0) is 14.4. The summed E-state index contributed by atoms with van der Waals surface area (Å²) in [5, 5.41) is 0. The first-order valence-electron chi connectivity index (χ1n) is 7.47. The number of likely N-dealkylation sites (N-methyl/N-ethyl adjacent to an activating group) is 1. The summed E-state index contributed by atoms with van der Waals surface area (Å²) in [6, 6.07) is 0.722. The van der Waals surface area contributed by atoms with Gasteiger partial charge in [0.2, 0.25) is 0 Å². The molecule has 0 aromatic heterocycles. The number of nitrogens with zero attached hydrogens (tertiary/aromatic N) is 2. The van der Waals surface area contributed by atoms with Gasteiger partial charge < -0.3 is 9.80 Å². The number of likely N-dealkylation sites (tertiary alicyclic amines) is 1. The third-order valence-corrected chi connectivity index (χ3v) is 4.71. The van der Waals surface area contributed by atoms with E-state index in [1.807, 2.05) is 6.08 Å². The summed E-state index contributed by atoms with van der Waals surface area (Å²) in [4.78, 5) is 4.75. The Morgan fingerprint density at radius 1 is 1.58 bits per heavy atom. The van der Waals surface area contributed by atoms with Gasteiger partial charge in [-0.1, -0.05) is 33.4 Å². The van der Waals surface area contributed by atoms with Gasteiger partial charge in [0.1, 0.15) is 0 Å². The van der Waals surface area contributed by atoms with Gasteiger partial charge in [-0.25, -0.2) is 0 Å². The maximum Gasteiger partial charge on any atom is 0.0427 e. The van der Waals surface area contributed by atoms with Crippen molar-refractivity contribution in [2.75, 3.05) is 27.2 Å². The standard InChI is InChI=1S/C17H30N2/c1-7-9-12-18(5)15(4)14(3)16(8-2)17-11-10-13-19(17)6/h9,14,16-17H,1,4,8,10-13H2,2-3,5-6H3. The lowest BCUT2D eigenvalue weighted by molar-refractivity contribution is 0.172. The molecule has 1 aliphatic rings. The Hall–Kier alpha value is -0.980. The fraction of sp³-hybridized carbons (Fsp3) is 0.706. The number of hydrogen-bond donors (Lipinski definition) is 0. The highest BCUT2D eigenvalue weighted by atomic mass is 15.2. The van der Waals surface area contributed by atoms with E-state index in [0.29, 0.717) is 11.8 Å². The van der Waals surface area contributed by atoms with Crippen LogP contribution in [0.5, 0.6) is 0 Å². The van der Waals surface area contributed by atoms with Crippen molar-refractivity contribution < 1.29 is 0 Å². The Kier molecular flexibility index (Phi) is 6.41.